The van der Waals surface area contributed by atoms with E-state index in [2.05, 4.69) is 228 Å². The van der Waals surface area contributed by atoms with Gasteiger partial charge in [0.25, 0.3) is 6.47 Å². The van der Waals surface area contributed by atoms with Crippen LogP contribution in [0, 0.1) is 24.3 Å². The zero-order chi connectivity index (χ0) is 71.3. The van der Waals surface area contributed by atoms with Crippen molar-refractivity contribution in [1.82, 2.24) is 0 Å². The molecule has 0 atom stereocenters. The van der Waals surface area contributed by atoms with Crippen LogP contribution in [0.15, 0.2) is 223 Å². The number of anilines is 2. The number of aliphatic hydroxyl groups excluding tert-OH is 1. The summed E-state index contributed by atoms with van der Waals surface area (Å²) >= 11 is 5.92. The number of carbonyl (C=O) groups excluding carboxylic acids is 1. The third kappa shape index (κ3) is 27.6. The third-order valence-corrected chi connectivity index (χ3v) is 16.9. The van der Waals surface area contributed by atoms with Crippen LogP contribution in [-0.2, 0) is 20.9 Å². The van der Waals surface area contributed by atoms with E-state index >= 15 is 0 Å². The predicted octanol–water partition coefficient (Wildman–Crippen LogP) is 21.4. The Balaban J connectivity index is 0.000000191. The minimum absolute atomic E-state index is 0.208. The van der Waals surface area contributed by atoms with Crippen molar-refractivity contribution in [3.8, 4) is 17.2 Å². The molecule has 10 aromatic carbocycles. The number of carbonyl (C=O) groups is 2. The zero-order valence-corrected chi connectivity index (χ0v) is 61.0. The van der Waals surface area contributed by atoms with Crippen molar-refractivity contribution in [3.05, 3.63) is 321 Å². The fourth-order valence-electron chi connectivity index (χ4n) is 9.47. The number of carboxylic acid groups (broad SMARTS) is 1. The average Bonchev–Trinajstić information content (AvgIpc) is 0.884. The highest BCUT2D eigenvalue weighted by Gasteiger charge is 2.08. The first-order chi connectivity index (χ1) is 48.6. The molecule has 0 fully saturated rings. The summed E-state index contributed by atoms with van der Waals surface area (Å²) in [5.74, 6) is 0.539. The van der Waals surface area contributed by atoms with Crippen LogP contribution in [0.25, 0.3) is 72.9 Å². The predicted molar refractivity (Wildman–Crippen MR) is 430 cm³/mol. The Hall–Kier alpha value is -10.1. The van der Waals surface area contributed by atoms with Crippen molar-refractivity contribution in [3.63, 3.8) is 0 Å². The topological polar surface area (TPSA) is 156 Å². The third-order valence-electron chi connectivity index (χ3n) is 15.3. The Labute approximate surface area is 611 Å². The van der Waals surface area contributed by atoms with Crippen molar-refractivity contribution >= 4 is 135 Å². The lowest BCUT2D eigenvalue weighted by molar-refractivity contribution is -0.120. The van der Waals surface area contributed by atoms with Crippen LogP contribution in [0.5, 0.6) is 17.2 Å². The maximum atomic E-state index is 11.3. The number of aromatic carboxylic acids is 1. The van der Waals surface area contributed by atoms with Gasteiger partial charge in [-0.05, 0) is 195 Å². The van der Waals surface area contributed by atoms with Gasteiger partial charge in [0, 0.05) is 45.7 Å². The summed E-state index contributed by atoms with van der Waals surface area (Å²) in [5, 5.41) is 34.2. The van der Waals surface area contributed by atoms with Crippen molar-refractivity contribution in [2.24, 2.45) is 0 Å². The van der Waals surface area contributed by atoms with Gasteiger partial charge in [-0.1, -0.05) is 252 Å². The van der Waals surface area contributed by atoms with Crippen molar-refractivity contribution in [2.45, 2.75) is 40.7 Å². The Morgan fingerprint density at radius 2 is 0.850 bits per heavy atom. The zero-order valence-electron chi connectivity index (χ0n) is 57.3. The van der Waals surface area contributed by atoms with Crippen LogP contribution < -0.4 is 20.1 Å². The van der Waals surface area contributed by atoms with E-state index in [1.54, 1.807) is 43.3 Å². The highest BCUT2D eigenvalue weighted by molar-refractivity contribution is 14.1. The van der Waals surface area contributed by atoms with Crippen molar-refractivity contribution in [1.29, 1.82) is 0 Å². The number of hydrogen-bond acceptors (Lipinski definition) is 10. The maximum Gasteiger partial charge on any atom is 0.335 e. The second-order valence-corrected chi connectivity index (χ2v) is 25.0. The minimum Gasteiger partial charge on any atom is -0.508 e. The molecule has 13 heteroatoms. The average molecular weight is 1510 g/mol. The molecule has 0 amide bonds. The van der Waals surface area contributed by atoms with Gasteiger partial charge in [-0.25, -0.2) is 4.79 Å². The molecule has 0 radical (unpaired) electrons. The molecule has 0 saturated carbocycles. The number of halogens is 2. The fourth-order valence-corrected chi connectivity index (χ4v) is 10.7. The number of aromatic hydroxyl groups is 1. The summed E-state index contributed by atoms with van der Waals surface area (Å²) in [4.78, 5) is 22.0. The van der Waals surface area contributed by atoms with E-state index in [9.17, 15) is 24.9 Å². The van der Waals surface area contributed by atoms with Crippen molar-refractivity contribution in [2.75, 3.05) is 57.8 Å². The molecule has 0 aliphatic carbocycles. The lowest BCUT2D eigenvalue weighted by Gasteiger charge is -2.07. The molecule has 0 spiro atoms. The number of rotatable bonds is 27. The maximum absolute atomic E-state index is 11.3. The Kier molecular flexibility index (Phi) is 32.9. The molecule has 0 saturated heterocycles. The van der Waals surface area contributed by atoms with Gasteiger partial charge in [0.1, 0.15) is 23.9 Å². The summed E-state index contributed by atoms with van der Waals surface area (Å²) in [6, 6.07) is 71.8. The van der Waals surface area contributed by atoms with Gasteiger partial charge in [-0.3, -0.25) is 4.79 Å². The normalized spacial score (nSPS) is 11.1. The summed E-state index contributed by atoms with van der Waals surface area (Å²) in [5.41, 5.74) is 19.3. The van der Waals surface area contributed by atoms with Crippen LogP contribution in [0.2, 0.25) is 0 Å². The van der Waals surface area contributed by atoms with Crippen LogP contribution in [0.3, 0.4) is 0 Å². The molecule has 11 nitrogen and oxygen atoms in total. The molecule has 100 heavy (non-hydrogen) atoms. The molecule has 10 rings (SSSR count). The molecule has 10 aromatic rings. The highest BCUT2D eigenvalue weighted by atomic mass is 127. The first-order valence-electron chi connectivity index (χ1n) is 32.8. The van der Waals surface area contributed by atoms with Gasteiger partial charge in [0.05, 0.1) is 32.0 Å². The van der Waals surface area contributed by atoms with E-state index in [0.29, 0.717) is 49.8 Å². The highest BCUT2D eigenvalue weighted by Crippen LogP contribution is 2.26. The molecular formula is C87H86BrIN2O9. The lowest BCUT2D eigenvalue weighted by Crippen LogP contribution is -2.11. The summed E-state index contributed by atoms with van der Waals surface area (Å²) in [6.07, 6.45) is 25.5. The smallest absolute Gasteiger partial charge is 0.335 e. The number of benzene rings is 10. The molecular weight excluding hydrogens is 1420 g/mol. The number of phenolic OH excluding ortho intramolecular Hbond substituents is 1. The number of phenols is 1. The summed E-state index contributed by atoms with van der Waals surface area (Å²) < 4.78 is 23.5. The number of aryl methyl sites for hydroxylation is 3. The quantitative estimate of drug-likeness (QED) is 0.0145. The SMILES string of the molecule is CCCOCCOCCOc1ccc(/C=C/c2ccc(NC)cc2)cc1.CNc1ccc(/C=C/c2ccc(C)cc2)cc1.Cc1ccc(/C=C/c2ccc(/C=C/c3ccc(CO)c(OC=O)c3)cc2I)cc1C(=O)O.Cc1ccc(/C=C/c2ccc(/C=C/c3ccc(O)cc3)cc2Br)cc1. The molecule has 0 aliphatic rings. The first-order valence-corrected chi connectivity index (χ1v) is 34.7. The number of carboxylic acids is 1. The molecule has 5 N–H and O–H groups in total. The Morgan fingerprint density at radius 3 is 1.33 bits per heavy atom. The monoisotopic (exact) mass is 1510 g/mol. The van der Waals surface area contributed by atoms with Crippen LogP contribution in [0.1, 0.15) is 113 Å². The largest absolute Gasteiger partial charge is 0.508 e. The van der Waals surface area contributed by atoms with E-state index < -0.39 is 5.97 Å². The van der Waals surface area contributed by atoms with Gasteiger partial charge < -0.3 is 44.9 Å². The number of aliphatic hydroxyl groups is 1. The molecule has 0 aromatic heterocycles. The lowest BCUT2D eigenvalue weighted by atomic mass is 10.0. The van der Waals surface area contributed by atoms with E-state index in [-0.39, 0.29) is 12.4 Å². The van der Waals surface area contributed by atoms with Crippen LogP contribution in [0.4, 0.5) is 11.4 Å². The summed E-state index contributed by atoms with van der Waals surface area (Å²) in [7, 11) is 3.85. The Morgan fingerprint density at radius 1 is 0.460 bits per heavy atom. The van der Waals surface area contributed by atoms with E-state index in [1.165, 1.54) is 33.4 Å². The number of hydrogen-bond donors (Lipinski definition) is 5. The summed E-state index contributed by atoms with van der Waals surface area (Å²) in [6.45, 7) is 11.4. The van der Waals surface area contributed by atoms with E-state index in [0.717, 1.165) is 88.3 Å². The van der Waals surface area contributed by atoms with E-state index in [4.69, 9.17) is 18.9 Å². The van der Waals surface area contributed by atoms with Gasteiger partial charge in [0.15, 0.2) is 0 Å². The molecule has 0 bridgehead atoms. The second-order valence-electron chi connectivity index (χ2n) is 23.0. The fraction of sp³-hybridized carbons (Fsp3) is 0.149. The molecule has 0 unspecified atom stereocenters. The molecule has 0 heterocycles. The van der Waals surface area contributed by atoms with Crippen LogP contribution in [-0.4, -0.2) is 74.9 Å². The Bertz CT molecular complexity index is 4350. The van der Waals surface area contributed by atoms with E-state index in [1.807, 2.05) is 111 Å². The van der Waals surface area contributed by atoms with Gasteiger partial charge in [-0.2, -0.15) is 0 Å². The second kappa shape index (κ2) is 42.6. The number of nitrogens with one attached hydrogen (secondary N) is 2. The minimum atomic E-state index is -0.931. The van der Waals surface area contributed by atoms with Crippen molar-refractivity contribution < 1.29 is 43.9 Å². The molecule has 0 aliphatic heterocycles. The number of ether oxygens (including phenoxy) is 4. The van der Waals surface area contributed by atoms with Gasteiger partial charge in [-0.15, -0.1) is 0 Å². The van der Waals surface area contributed by atoms with Gasteiger partial charge >= 0.3 is 5.97 Å². The standard InChI is InChI=1S/C26H21IO5.C23H19BrO.C22H29NO3.C16H17N/c1-17-2-3-18(12-23(17)26(30)31)6-9-21-10-7-19(13-24(21)27)4-5-20-8-11-22(15-28)25(14-20)32-16-29;1-17-2-4-18(5-3-17)8-12-21-13-9-20(16-23(21)24)7-6-19-10-14-22(25)15-11-19;1-3-14-24-15-16-25-17-18-26-22-12-8-20(9-13-22)5-4-19-6-10-21(23-2)11-7-19;1-13-3-5-14(6-4-13)7-8-15-9-11-16(17-2)12-10-15/h2-14,16,28H,15H2,1H3,(H,30,31);2-16,25H,1H3;4-13,23H,3,14-18H2,1-2H3;3-12,17H,1-2H3/b5-4+,9-6+;7-6+,12-8+;5-4+;8-7+. The van der Waals surface area contributed by atoms with Crippen LogP contribution >= 0.6 is 38.5 Å². The van der Waals surface area contributed by atoms with Gasteiger partial charge in [0.2, 0.25) is 0 Å². The first kappa shape index (κ1) is 77.2. The molecule has 512 valence electrons.